The fourth-order valence-corrected chi connectivity index (χ4v) is 3.41. The highest BCUT2D eigenvalue weighted by Crippen LogP contribution is 2.29. The molecule has 2 aromatic heterocycles. The SMILES string of the molecule is CC[C@H](F)CNc1ncc(-c2cc(OC)ccn2)c(NCC2CCC(O)CC2)n1. The van der Waals surface area contributed by atoms with E-state index in [0.717, 1.165) is 37.8 Å². The molecule has 0 unspecified atom stereocenters. The maximum absolute atomic E-state index is 13.6. The summed E-state index contributed by atoms with van der Waals surface area (Å²) in [6.07, 6.45) is 6.34. The van der Waals surface area contributed by atoms with Crippen LogP contribution in [0.15, 0.2) is 24.5 Å². The average Bonchev–Trinajstić information content (AvgIpc) is 2.77. The number of aliphatic hydroxyl groups excluding tert-OH is 1. The molecule has 7 nitrogen and oxygen atoms in total. The Balaban J connectivity index is 1.79. The van der Waals surface area contributed by atoms with E-state index >= 15 is 0 Å². The molecule has 1 fully saturated rings. The fourth-order valence-electron chi connectivity index (χ4n) is 3.41. The third-order valence-corrected chi connectivity index (χ3v) is 5.33. The predicted molar refractivity (Wildman–Crippen MR) is 112 cm³/mol. The second kappa shape index (κ2) is 10.3. The summed E-state index contributed by atoms with van der Waals surface area (Å²) in [6.45, 7) is 2.73. The van der Waals surface area contributed by atoms with Gasteiger partial charge in [-0.3, -0.25) is 4.98 Å². The van der Waals surface area contributed by atoms with E-state index in [4.69, 9.17) is 4.74 Å². The van der Waals surface area contributed by atoms with Gasteiger partial charge in [-0.1, -0.05) is 6.92 Å². The second-order valence-electron chi connectivity index (χ2n) is 7.48. The minimum absolute atomic E-state index is 0.174. The summed E-state index contributed by atoms with van der Waals surface area (Å²) < 4.78 is 18.9. The Morgan fingerprint density at radius 1 is 1.24 bits per heavy atom. The number of aliphatic hydroxyl groups is 1. The van der Waals surface area contributed by atoms with Crippen molar-refractivity contribution in [3.63, 3.8) is 0 Å². The highest BCUT2D eigenvalue weighted by molar-refractivity contribution is 5.73. The summed E-state index contributed by atoms with van der Waals surface area (Å²) in [6, 6.07) is 3.62. The summed E-state index contributed by atoms with van der Waals surface area (Å²) in [5, 5.41) is 16.1. The quantitative estimate of drug-likeness (QED) is 0.588. The molecule has 158 valence electrons. The molecule has 0 saturated heterocycles. The van der Waals surface area contributed by atoms with Crippen molar-refractivity contribution in [2.24, 2.45) is 5.92 Å². The van der Waals surface area contributed by atoms with E-state index < -0.39 is 6.17 Å². The van der Waals surface area contributed by atoms with Crippen molar-refractivity contribution in [3.05, 3.63) is 24.5 Å². The number of rotatable bonds is 9. The molecule has 3 N–H and O–H groups in total. The Labute approximate surface area is 171 Å². The van der Waals surface area contributed by atoms with E-state index in [1.807, 2.05) is 6.07 Å². The molecule has 0 aromatic carbocycles. The zero-order valence-electron chi connectivity index (χ0n) is 17.1. The molecule has 2 heterocycles. The zero-order valence-corrected chi connectivity index (χ0v) is 17.1. The molecule has 0 aliphatic heterocycles. The van der Waals surface area contributed by atoms with Crippen molar-refractivity contribution in [3.8, 4) is 17.0 Å². The first-order valence-corrected chi connectivity index (χ1v) is 10.3. The highest BCUT2D eigenvalue weighted by atomic mass is 19.1. The van der Waals surface area contributed by atoms with Crippen molar-refractivity contribution >= 4 is 11.8 Å². The minimum atomic E-state index is -0.941. The molecule has 29 heavy (non-hydrogen) atoms. The molecular weight excluding hydrogens is 373 g/mol. The third-order valence-electron chi connectivity index (χ3n) is 5.33. The van der Waals surface area contributed by atoms with E-state index in [-0.39, 0.29) is 12.6 Å². The van der Waals surface area contributed by atoms with Gasteiger partial charge in [0.15, 0.2) is 0 Å². The van der Waals surface area contributed by atoms with Crippen LogP contribution in [0.25, 0.3) is 11.3 Å². The number of methoxy groups -OCH3 is 1. The number of hydrogen-bond acceptors (Lipinski definition) is 7. The lowest BCUT2D eigenvalue weighted by molar-refractivity contribution is 0.111. The van der Waals surface area contributed by atoms with Crippen LogP contribution in [-0.4, -0.2) is 52.5 Å². The largest absolute Gasteiger partial charge is 0.497 e. The van der Waals surface area contributed by atoms with Crippen LogP contribution in [0.1, 0.15) is 39.0 Å². The zero-order chi connectivity index (χ0) is 20.6. The van der Waals surface area contributed by atoms with Gasteiger partial charge in [0, 0.05) is 31.5 Å². The highest BCUT2D eigenvalue weighted by Gasteiger charge is 2.20. The van der Waals surface area contributed by atoms with E-state index in [1.54, 1.807) is 32.5 Å². The van der Waals surface area contributed by atoms with Gasteiger partial charge in [0.2, 0.25) is 5.95 Å². The smallest absolute Gasteiger partial charge is 0.224 e. The number of halogens is 1. The predicted octanol–water partition coefficient (Wildman–Crippen LogP) is 3.67. The number of hydrogen-bond donors (Lipinski definition) is 3. The van der Waals surface area contributed by atoms with Gasteiger partial charge < -0.3 is 20.5 Å². The number of ether oxygens (including phenoxy) is 1. The average molecular weight is 404 g/mol. The van der Waals surface area contributed by atoms with Crippen LogP contribution in [0.5, 0.6) is 5.75 Å². The molecule has 0 spiro atoms. The number of pyridine rings is 1. The molecule has 1 aliphatic rings. The maximum Gasteiger partial charge on any atom is 0.224 e. The number of nitrogens with one attached hydrogen (secondary N) is 2. The van der Waals surface area contributed by atoms with Crippen LogP contribution in [0.3, 0.4) is 0 Å². The lowest BCUT2D eigenvalue weighted by Gasteiger charge is -2.26. The van der Waals surface area contributed by atoms with E-state index in [0.29, 0.717) is 35.5 Å². The summed E-state index contributed by atoms with van der Waals surface area (Å²) >= 11 is 0. The lowest BCUT2D eigenvalue weighted by atomic mass is 9.87. The molecule has 1 atom stereocenters. The molecule has 2 aromatic rings. The van der Waals surface area contributed by atoms with Gasteiger partial charge in [-0.15, -0.1) is 0 Å². The third kappa shape index (κ3) is 6.00. The van der Waals surface area contributed by atoms with Gasteiger partial charge in [0.1, 0.15) is 17.7 Å². The van der Waals surface area contributed by atoms with Crippen molar-refractivity contribution in [1.82, 2.24) is 15.0 Å². The molecule has 8 heteroatoms. The minimum Gasteiger partial charge on any atom is -0.497 e. The summed E-state index contributed by atoms with van der Waals surface area (Å²) in [4.78, 5) is 13.3. The van der Waals surface area contributed by atoms with Crippen molar-refractivity contribution in [1.29, 1.82) is 0 Å². The summed E-state index contributed by atoms with van der Waals surface area (Å²) in [5.74, 6) is 2.22. The van der Waals surface area contributed by atoms with Gasteiger partial charge in [0.25, 0.3) is 0 Å². The standard InChI is InChI=1S/C21H30FN5O2/c1-3-15(22)12-25-21-26-13-18(19-10-17(29-2)8-9-23-19)20(27-21)24-11-14-4-6-16(28)7-5-14/h8-10,13-16,28H,3-7,11-12H2,1-2H3,(H2,24,25,26,27)/t14?,15-,16?/m0/s1. The number of aromatic nitrogens is 3. The first kappa shape index (κ1) is 21.2. The van der Waals surface area contributed by atoms with E-state index in [1.165, 1.54) is 0 Å². The Morgan fingerprint density at radius 3 is 2.76 bits per heavy atom. The molecule has 1 aliphatic carbocycles. The maximum atomic E-state index is 13.6. The van der Waals surface area contributed by atoms with Crippen molar-refractivity contribution < 1.29 is 14.2 Å². The normalized spacial score (nSPS) is 20.1. The second-order valence-corrected chi connectivity index (χ2v) is 7.48. The van der Waals surface area contributed by atoms with Gasteiger partial charge in [-0.2, -0.15) is 4.98 Å². The van der Waals surface area contributed by atoms with Crippen molar-refractivity contribution in [2.45, 2.75) is 51.3 Å². The van der Waals surface area contributed by atoms with Crippen LogP contribution >= 0.6 is 0 Å². The van der Waals surface area contributed by atoms with Crippen LogP contribution in [0.4, 0.5) is 16.2 Å². The Bertz CT molecular complexity index is 783. The van der Waals surface area contributed by atoms with Gasteiger partial charge in [-0.25, -0.2) is 9.37 Å². The van der Waals surface area contributed by atoms with Crippen LogP contribution in [0, 0.1) is 5.92 Å². The van der Waals surface area contributed by atoms with E-state index in [2.05, 4.69) is 25.6 Å². The van der Waals surface area contributed by atoms with E-state index in [9.17, 15) is 9.50 Å². The van der Waals surface area contributed by atoms with Gasteiger partial charge in [-0.05, 0) is 44.1 Å². The Kier molecular flexibility index (Phi) is 7.57. The number of alkyl halides is 1. The monoisotopic (exact) mass is 403 g/mol. The fraction of sp³-hybridized carbons (Fsp3) is 0.571. The van der Waals surface area contributed by atoms with Crippen LogP contribution in [0.2, 0.25) is 0 Å². The van der Waals surface area contributed by atoms with Crippen LogP contribution < -0.4 is 15.4 Å². The summed E-state index contributed by atoms with van der Waals surface area (Å²) in [7, 11) is 1.61. The number of nitrogens with zero attached hydrogens (tertiary/aromatic N) is 3. The molecular formula is C21H30FN5O2. The molecule has 0 amide bonds. The summed E-state index contributed by atoms with van der Waals surface area (Å²) in [5.41, 5.74) is 1.46. The van der Waals surface area contributed by atoms with Gasteiger partial charge >= 0.3 is 0 Å². The number of anilines is 2. The molecule has 0 bridgehead atoms. The van der Waals surface area contributed by atoms with Crippen molar-refractivity contribution in [2.75, 3.05) is 30.8 Å². The Morgan fingerprint density at radius 2 is 2.03 bits per heavy atom. The lowest BCUT2D eigenvalue weighted by Crippen LogP contribution is -2.24. The van der Waals surface area contributed by atoms with Gasteiger partial charge in [0.05, 0.1) is 24.5 Å². The van der Waals surface area contributed by atoms with Crippen LogP contribution in [-0.2, 0) is 0 Å². The molecule has 0 radical (unpaired) electrons. The first-order valence-electron chi connectivity index (χ1n) is 10.3. The first-order chi connectivity index (χ1) is 14.1. The molecule has 1 saturated carbocycles. The topological polar surface area (TPSA) is 92.2 Å². The Hall–Kier alpha value is -2.48. The molecule has 3 rings (SSSR count).